The molecule has 0 saturated heterocycles. The topological polar surface area (TPSA) is 118 Å². The number of nitrogens with one attached hydrogen (secondary N) is 3. The molecule has 0 aliphatic heterocycles. The lowest BCUT2D eigenvalue weighted by atomic mass is 10.1. The van der Waals surface area contributed by atoms with Crippen molar-refractivity contribution in [2.24, 2.45) is 5.10 Å². The van der Waals surface area contributed by atoms with E-state index in [1.165, 1.54) is 20.4 Å². The van der Waals surface area contributed by atoms with Crippen molar-refractivity contribution in [2.75, 3.05) is 26.1 Å². The minimum absolute atomic E-state index is 0.224. The van der Waals surface area contributed by atoms with Crippen LogP contribution in [0.5, 0.6) is 11.5 Å². The Morgan fingerprint density at radius 2 is 1.87 bits per heavy atom. The number of rotatable bonds is 7. The molecular weight excluding hydrogens is 468 g/mol. The number of benzene rings is 2. The van der Waals surface area contributed by atoms with Gasteiger partial charge in [-0.05, 0) is 59.1 Å². The average molecular weight is 491 g/mol. The summed E-state index contributed by atoms with van der Waals surface area (Å²) in [6, 6.07) is 9.01. The van der Waals surface area contributed by atoms with Gasteiger partial charge in [-0.3, -0.25) is 14.4 Å². The zero-order chi connectivity index (χ0) is 23.0. The number of ether oxygens (including phenoxy) is 2. The standard InChI is InChI=1S/C21H23BrN4O5/c1-12-5-6-16(13(2)7-12)25-18(27)11-31-19-15(22)8-14(9-17(19)30-4)10-24-26-21(29)20(28)23-3/h5-10H,11H2,1-4H3,(H,23,28)(H,25,27)(H,26,29)/b24-10-. The van der Waals surface area contributed by atoms with Crippen LogP contribution in [0.3, 0.4) is 0 Å². The Labute approximate surface area is 188 Å². The molecular formula is C21H23BrN4O5. The lowest BCUT2D eigenvalue weighted by Crippen LogP contribution is -2.35. The summed E-state index contributed by atoms with van der Waals surface area (Å²) in [6.45, 7) is 3.67. The molecule has 0 bridgehead atoms. The first-order valence-electron chi connectivity index (χ1n) is 9.17. The summed E-state index contributed by atoms with van der Waals surface area (Å²) in [7, 11) is 2.80. The van der Waals surface area contributed by atoms with Gasteiger partial charge in [0.1, 0.15) is 0 Å². The third-order valence-corrected chi connectivity index (χ3v) is 4.66. The minimum Gasteiger partial charge on any atom is -0.493 e. The van der Waals surface area contributed by atoms with Crippen LogP contribution in [0.1, 0.15) is 16.7 Å². The van der Waals surface area contributed by atoms with E-state index in [2.05, 4.69) is 37.1 Å². The molecule has 0 aromatic heterocycles. The second-order valence-electron chi connectivity index (χ2n) is 6.47. The maximum Gasteiger partial charge on any atom is 0.329 e. The van der Waals surface area contributed by atoms with E-state index in [0.717, 1.165) is 16.8 Å². The molecule has 2 aromatic rings. The zero-order valence-corrected chi connectivity index (χ0v) is 19.1. The van der Waals surface area contributed by atoms with Gasteiger partial charge in [0.15, 0.2) is 18.1 Å². The fourth-order valence-electron chi connectivity index (χ4n) is 2.56. The molecule has 0 radical (unpaired) electrons. The van der Waals surface area contributed by atoms with E-state index < -0.39 is 11.8 Å². The first-order chi connectivity index (χ1) is 14.7. The Kier molecular flexibility index (Phi) is 8.56. The number of aryl methyl sites for hydroxylation is 2. The highest BCUT2D eigenvalue weighted by Crippen LogP contribution is 2.36. The smallest absolute Gasteiger partial charge is 0.329 e. The fraction of sp³-hybridized carbons (Fsp3) is 0.238. The van der Waals surface area contributed by atoms with Gasteiger partial charge in [0, 0.05) is 12.7 Å². The highest BCUT2D eigenvalue weighted by Gasteiger charge is 2.14. The molecule has 2 aromatic carbocycles. The van der Waals surface area contributed by atoms with E-state index in [-0.39, 0.29) is 12.5 Å². The van der Waals surface area contributed by atoms with Gasteiger partial charge in [-0.2, -0.15) is 5.10 Å². The van der Waals surface area contributed by atoms with Crippen LogP contribution >= 0.6 is 15.9 Å². The SMILES string of the molecule is CNC(=O)C(=O)N/N=C\c1cc(Br)c(OCC(=O)Nc2ccc(C)cc2C)c(OC)c1. The van der Waals surface area contributed by atoms with Crippen molar-refractivity contribution < 1.29 is 23.9 Å². The lowest BCUT2D eigenvalue weighted by molar-refractivity contribution is -0.138. The van der Waals surface area contributed by atoms with E-state index in [0.29, 0.717) is 21.5 Å². The van der Waals surface area contributed by atoms with E-state index >= 15 is 0 Å². The number of amides is 3. The van der Waals surface area contributed by atoms with E-state index in [1.807, 2.05) is 32.0 Å². The zero-order valence-electron chi connectivity index (χ0n) is 17.5. The van der Waals surface area contributed by atoms with Crippen LogP contribution in [0.25, 0.3) is 0 Å². The van der Waals surface area contributed by atoms with E-state index in [1.54, 1.807) is 12.1 Å². The highest BCUT2D eigenvalue weighted by atomic mass is 79.9. The molecule has 3 amide bonds. The number of hydrogen-bond acceptors (Lipinski definition) is 6. The predicted molar refractivity (Wildman–Crippen MR) is 121 cm³/mol. The Morgan fingerprint density at radius 3 is 2.52 bits per heavy atom. The predicted octanol–water partition coefficient (Wildman–Crippen LogP) is 2.29. The Morgan fingerprint density at radius 1 is 1.13 bits per heavy atom. The van der Waals surface area contributed by atoms with Gasteiger partial charge >= 0.3 is 11.8 Å². The lowest BCUT2D eigenvalue weighted by Gasteiger charge is -2.14. The molecule has 0 unspecified atom stereocenters. The largest absolute Gasteiger partial charge is 0.493 e. The van der Waals surface area contributed by atoms with Gasteiger partial charge < -0.3 is 20.1 Å². The molecule has 0 aliphatic rings. The van der Waals surface area contributed by atoms with Gasteiger partial charge in [0.2, 0.25) is 0 Å². The van der Waals surface area contributed by atoms with Gasteiger partial charge in [0.25, 0.3) is 5.91 Å². The maximum absolute atomic E-state index is 12.3. The van der Waals surface area contributed by atoms with Crippen LogP contribution in [0.4, 0.5) is 5.69 Å². The monoisotopic (exact) mass is 490 g/mol. The molecule has 0 saturated carbocycles. The summed E-state index contributed by atoms with van der Waals surface area (Å²) in [6.07, 6.45) is 1.34. The molecule has 0 aliphatic carbocycles. The number of likely N-dealkylation sites (N-methyl/N-ethyl adjacent to an activating group) is 1. The molecule has 0 heterocycles. The molecule has 3 N–H and O–H groups in total. The number of hydrogen-bond donors (Lipinski definition) is 3. The number of hydrazone groups is 1. The summed E-state index contributed by atoms with van der Waals surface area (Å²) in [5.74, 6) is -1.32. The number of halogens is 1. The molecule has 31 heavy (non-hydrogen) atoms. The average Bonchev–Trinajstić information content (AvgIpc) is 2.73. The van der Waals surface area contributed by atoms with Gasteiger partial charge in [-0.15, -0.1) is 0 Å². The van der Waals surface area contributed by atoms with Crippen molar-refractivity contribution in [3.8, 4) is 11.5 Å². The van der Waals surface area contributed by atoms with Crippen molar-refractivity contribution in [1.29, 1.82) is 0 Å². The van der Waals surface area contributed by atoms with Crippen molar-refractivity contribution in [3.63, 3.8) is 0 Å². The molecule has 0 atom stereocenters. The van der Waals surface area contributed by atoms with E-state index in [4.69, 9.17) is 9.47 Å². The van der Waals surface area contributed by atoms with Crippen LogP contribution in [-0.2, 0) is 14.4 Å². The van der Waals surface area contributed by atoms with Crippen LogP contribution < -0.4 is 25.5 Å². The third kappa shape index (κ3) is 6.82. The van der Waals surface area contributed by atoms with Gasteiger partial charge in [-0.1, -0.05) is 17.7 Å². The quantitative estimate of drug-likeness (QED) is 0.312. The summed E-state index contributed by atoms with van der Waals surface area (Å²) < 4.78 is 11.5. The Bertz CT molecular complexity index is 1020. The van der Waals surface area contributed by atoms with Gasteiger partial charge in [0.05, 0.1) is 17.8 Å². The molecule has 2 rings (SSSR count). The third-order valence-electron chi connectivity index (χ3n) is 4.07. The fourth-order valence-corrected chi connectivity index (χ4v) is 3.14. The van der Waals surface area contributed by atoms with Crippen LogP contribution in [-0.4, -0.2) is 44.7 Å². The summed E-state index contributed by atoms with van der Waals surface area (Å²) in [5, 5.41) is 8.73. The molecule has 0 fully saturated rings. The van der Waals surface area contributed by atoms with Crippen molar-refractivity contribution >= 4 is 45.6 Å². The number of anilines is 1. The molecule has 0 spiro atoms. The Balaban J connectivity index is 2.05. The normalized spacial score (nSPS) is 10.5. The number of nitrogens with zero attached hydrogens (tertiary/aromatic N) is 1. The van der Waals surface area contributed by atoms with Crippen molar-refractivity contribution in [1.82, 2.24) is 10.7 Å². The maximum atomic E-state index is 12.3. The second-order valence-corrected chi connectivity index (χ2v) is 7.32. The molecule has 9 nitrogen and oxygen atoms in total. The van der Waals surface area contributed by atoms with Crippen LogP contribution in [0.2, 0.25) is 0 Å². The molecule has 164 valence electrons. The molecule has 10 heteroatoms. The Hall–Kier alpha value is -3.40. The summed E-state index contributed by atoms with van der Waals surface area (Å²) >= 11 is 3.38. The van der Waals surface area contributed by atoms with Crippen LogP contribution in [0.15, 0.2) is 39.9 Å². The number of carbonyl (C=O) groups is 3. The highest BCUT2D eigenvalue weighted by molar-refractivity contribution is 9.10. The van der Waals surface area contributed by atoms with Crippen molar-refractivity contribution in [3.05, 3.63) is 51.5 Å². The second kappa shape index (κ2) is 11.1. The number of methoxy groups -OCH3 is 1. The summed E-state index contributed by atoms with van der Waals surface area (Å²) in [4.78, 5) is 34.9. The van der Waals surface area contributed by atoms with Crippen molar-refractivity contribution in [2.45, 2.75) is 13.8 Å². The number of carbonyl (C=O) groups excluding carboxylic acids is 3. The first-order valence-corrected chi connectivity index (χ1v) is 9.97. The first kappa shape index (κ1) is 23.9. The van der Waals surface area contributed by atoms with Crippen LogP contribution in [0, 0.1) is 13.8 Å². The minimum atomic E-state index is -0.889. The van der Waals surface area contributed by atoms with Gasteiger partial charge in [-0.25, -0.2) is 5.43 Å². The summed E-state index contributed by atoms with van der Waals surface area (Å²) in [5.41, 5.74) is 5.45. The van der Waals surface area contributed by atoms with E-state index in [9.17, 15) is 14.4 Å².